The van der Waals surface area contributed by atoms with E-state index >= 15 is 0 Å². The molecule has 134 valence electrons. The van der Waals surface area contributed by atoms with Gasteiger partial charge in [-0.3, -0.25) is 14.4 Å². The van der Waals surface area contributed by atoms with Gasteiger partial charge in [-0.15, -0.1) is 0 Å². The van der Waals surface area contributed by atoms with Crippen LogP contribution in [-0.2, 0) is 9.59 Å². The van der Waals surface area contributed by atoms with E-state index < -0.39 is 5.92 Å². The lowest BCUT2D eigenvalue weighted by atomic mass is 10.1. The summed E-state index contributed by atoms with van der Waals surface area (Å²) < 4.78 is 0. The summed E-state index contributed by atoms with van der Waals surface area (Å²) >= 11 is 5.87. The summed E-state index contributed by atoms with van der Waals surface area (Å²) in [5, 5.41) is 5.86. The van der Waals surface area contributed by atoms with Crippen LogP contribution in [0.5, 0.6) is 0 Å². The van der Waals surface area contributed by atoms with E-state index in [0.717, 1.165) is 5.69 Å². The molecule has 1 fully saturated rings. The van der Waals surface area contributed by atoms with Gasteiger partial charge in [0, 0.05) is 35.6 Å². The number of amides is 3. The average molecular weight is 372 g/mol. The minimum absolute atomic E-state index is 0.201. The van der Waals surface area contributed by atoms with Crippen LogP contribution < -0.4 is 15.5 Å². The van der Waals surface area contributed by atoms with Crippen molar-refractivity contribution in [3.8, 4) is 0 Å². The highest BCUT2D eigenvalue weighted by atomic mass is 35.5. The molecule has 0 radical (unpaired) electrons. The zero-order valence-corrected chi connectivity index (χ0v) is 14.9. The molecule has 3 rings (SSSR count). The van der Waals surface area contributed by atoms with Crippen molar-refractivity contribution in [2.24, 2.45) is 5.92 Å². The highest BCUT2D eigenvalue weighted by Gasteiger charge is 2.37. The number of benzene rings is 2. The number of anilines is 2. The van der Waals surface area contributed by atoms with Gasteiger partial charge in [0.25, 0.3) is 5.91 Å². The lowest BCUT2D eigenvalue weighted by Gasteiger charge is -2.17. The van der Waals surface area contributed by atoms with Gasteiger partial charge in [-0.2, -0.15) is 0 Å². The maximum Gasteiger partial charge on any atom is 0.251 e. The largest absolute Gasteiger partial charge is 0.355 e. The normalized spacial score (nSPS) is 16.5. The van der Waals surface area contributed by atoms with Gasteiger partial charge < -0.3 is 15.5 Å². The first-order valence-electron chi connectivity index (χ1n) is 8.19. The molecule has 2 aromatic carbocycles. The first-order chi connectivity index (χ1) is 12.5. The molecule has 0 aromatic heterocycles. The fraction of sp³-hybridized carbons (Fsp3) is 0.211. The van der Waals surface area contributed by atoms with Crippen LogP contribution in [0, 0.1) is 5.92 Å². The lowest BCUT2D eigenvalue weighted by molar-refractivity contribution is -0.129. The zero-order valence-electron chi connectivity index (χ0n) is 14.2. The fourth-order valence-corrected chi connectivity index (χ4v) is 3.01. The summed E-state index contributed by atoms with van der Waals surface area (Å²) in [6.07, 6.45) is 0.448. The second kappa shape index (κ2) is 7.58. The van der Waals surface area contributed by atoms with Gasteiger partial charge in [-0.1, -0.05) is 11.6 Å². The van der Waals surface area contributed by atoms with Crippen molar-refractivity contribution < 1.29 is 14.4 Å². The first-order valence-corrected chi connectivity index (χ1v) is 8.57. The third-order valence-electron chi connectivity index (χ3n) is 4.30. The number of hydrogen-bond donors (Lipinski definition) is 2. The Hall–Kier alpha value is -2.86. The van der Waals surface area contributed by atoms with E-state index in [1.54, 1.807) is 60.5 Å². The smallest absolute Gasteiger partial charge is 0.251 e. The van der Waals surface area contributed by atoms with Crippen LogP contribution in [0.15, 0.2) is 48.5 Å². The van der Waals surface area contributed by atoms with Gasteiger partial charge in [0.15, 0.2) is 0 Å². The van der Waals surface area contributed by atoms with E-state index in [1.165, 1.54) is 0 Å². The third kappa shape index (κ3) is 3.70. The van der Waals surface area contributed by atoms with Gasteiger partial charge in [0.05, 0.1) is 0 Å². The molecular weight excluding hydrogens is 354 g/mol. The molecule has 0 spiro atoms. The van der Waals surface area contributed by atoms with E-state index in [4.69, 9.17) is 11.6 Å². The van der Waals surface area contributed by atoms with Crippen molar-refractivity contribution >= 4 is 40.7 Å². The van der Waals surface area contributed by atoms with E-state index in [9.17, 15) is 14.4 Å². The summed E-state index contributed by atoms with van der Waals surface area (Å²) in [5.41, 5.74) is 1.77. The molecule has 6 nitrogen and oxygen atoms in total. The Kier molecular flexibility index (Phi) is 5.23. The predicted molar refractivity (Wildman–Crippen MR) is 100 cm³/mol. The monoisotopic (exact) mass is 371 g/mol. The predicted octanol–water partition coefficient (Wildman–Crippen LogP) is 2.69. The molecule has 0 saturated carbocycles. The van der Waals surface area contributed by atoms with Crippen LogP contribution >= 0.6 is 11.6 Å². The third-order valence-corrected chi connectivity index (χ3v) is 4.55. The summed E-state index contributed by atoms with van der Waals surface area (Å²) in [6, 6.07) is 13.5. The molecule has 1 atom stereocenters. The zero-order chi connectivity index (χ0) is 18.7. The molecule has 7 heteroatoms. The molecule has 1 aliphatic rings. The molecule has 0 aliphatic carbocycles. The molecule has 1 unspecified atom stereocenters. The maximum atomic E-state index is 12.6. The van der Waals surface area contributed by atoms with Crippen LogP contribution in [-0.4, -0.2) is 31.3 Å². The average Bonchev–Trinajstić information content (AvgIpc) is 3.04. The van der Waals surface area contributed by atoms with Crippen LogP contribution in [0.4, 0.5) is 11.4 Å². The van der Waals surface area contributed by atoms with Crippen LogP contribution in [0.3, 0.4) is 0 Å². The summed E-state index contributed by atoms with van der Waals surface area (Å²) in [4.78, 5) is 38.2. The van der Waals surface area contributed by atoms with Crippen LogP contribution in [0.2, 0.25) is 5.02 Å². The Morgan fingerprint density at radius 3 is 2.35 bits per heavy atom. The first kappa shape index (κ1) is 17.9. The maximum absolute atomic E-state index is 12.6. The number of carbonyl (C=O) groups excluding carboxylic acids is 3. The molecule has 1 heterocycles. The highest BCUT2D eigenvalue weighted by molar-refractivity contribution is 6.30. The van der Waals surface area contributed by atoms with Gasteiger partial charge in [-0.25, -0.2) is 0 Å². The van der Waals surface area contributed by atoms with Crippen molar-refractivity contribution in [3.05, 3.63) is 59.1 Å². The number of hydrogen-bond acceptors (Lipinski definition) is 3. The van der Waals surface area contributed by atoms with Gasteiger partial charge in [0.2, 0.25) is 11.8 Å². The second-order valence-corrected chi connectivity index (χ2v) is 6.39. The number of nitrogens with zero attached hydrogens (tertiary/aromatic N) is 1. The second-order valence-electron chi connectivity index (χ2n) is 5.95. The summed E-state index contributed by atoms with van der Waals surface area (Å²) in [6.45, 7) is 0.480. The summed E-state index contributed by atoms with van der Waals surface area (Å²) in [5.74, 6) is -1.51. The number of rotatable bonds is 4. The number of halogens is 1. The van der Waals surface area contributed by atoms with Crippen molar-refractivity contribution in [2.45, 2.75) is 6.42 Å². The Morgan fingerprint density at radius 1 is 1.08 bits per heavy atom. The Morgan fingerprint density at radius 2 is 1.73 bits per heavy atom. The molecule has 2 N–H and O–H groups in total. The number of nitrogens with one attached hydrogen (secondary N) is 2. The Labute approximate surface area is 156 Å². The highest BCUT2D eigenvalue weighted by Crippen LogP contribution is 2.27. The van der Waals surface area contributed by atoms with Gasteiger partial charge in [0.1, 0.15) is 5.92 Å². The summed E-state index contributed by atoms with van der Waals surface area (Å²) in [7, 11) is 1.55. The molecule has 1 aliphatic heterocycles. The quantitative estimate of drug-likeness (QED) is 0.811. The molecule has 0 bridgehead atoms. The van der Waals surface area contributed by atoms with E-state index in [-0.39, 0.29) is 17.7 Å². The minimum Gasteiger partial charge on any atom is -0.355 e. The number of carbonyl (C=O) groups is 3. The van der Waals surface area contributed by atoms with E-state index in [0.29, 0.717) is 29.2 Å². The molecule has 26 heavy (non-hydrogen) atoms. The van der Waals surface area contributed by atoms with Crippen LogP contribution in [0.1, 0.15) is 16.8 Å². The Balaban J connectivity index is 1.66. The van der Waals surface area contributed by atoms with Crippen LogP contribution in [0.25, 0.3) is 0 Å². The SMILES string of the molecule is CNC(=O)c1ccc(NC(=O)C2CCN(c3ccc(Cl)cc3)C2=O)cc1. The standard InChI is InChI=1S/C19H18ClN3O3/c1-21-17(24)12-2-6-14(7-3-12)22-18(25)16-10-11-23(19(16)26)15-8-4-13(20)5-9-15/h2-9,16H,10-11H2,1H3,(H,21,24)(H,22,25). The molecule has 2 aromatic rings. The van der Waals surface area contributed by atoms with Crippen molar-refractivity contribution in [2.75, 3.05) is 23.8 Å². The molecule has 3 amide bonds. The van der Waals surface area contributed by atoms with Gasteiger partial charge in [-0.05, 0) is 55.0 Å². The topological polar surface area (TPSA) is 78.5 Å². The Bertz CT molecular complexity index is 834. The van der Waals surface area contributed by atoms with Crippen molar-refractivity contribution in [3.63, 3.8) is 0 Å². The van der Waals surface area contributed by atoms with Crippen molar-refractivity contribution in [1.29, 1.82) is 0 Å². The van der Waals surface area contributed by atoms with E-state index in [2.05, 4.69) is 10.6 Å². The molecular formula is C19H18ClN3O3. The minimum atomic E-state index is -0.732. The molecule has 1 saturated heterocycles. The van der Waals surface area contributed by atoms with Gasteiger partial charge >= 0.3 is 0 Å². The lowest BCUT2D eigenvalue weighted by Crippen LogP contribution is -2.33. The van der Waals surface area contributed by atoms with E-state index in [1.807, 2.05) is 0 Å². The fourth-order valence-electron chi connectivity index (χ4n) is 2.88. The van der Waals surface area contributed by atoms with Crippen molar-refractivity contribution in [1.82, 2.24) is 5.32 Å².